The normalized spacial score (nSPS) is 29.5. The molecule has 58 valence electrons. The molecule has 0 N–H and O–H groups in total. The second-order valence-electron chi connectivity index (χ2n) is 3.14. The zero-order valence-corrected chi connectivity index (χ0v) is 6.66. The van der Waals surface area contributed by atoms with Gasteiger partial charge in [-0.25, -0.2) is 0 Å². The van der Waals surface area contributed by atoms with Crippen LogP contribution in [0.2, 0.25) is 0 Å². The molecule has 0 amide bonds. The summed E-state index contributed by atoms with van der Waals surface area (Å²) >= 11 is 0. The van der Waals surface area contributed by atoms with Gasteiger partial charge in [-0.2, -0.15) is 0 Å². The molecule has 2 rings (SSSR count). The molecule has 1 aromatic carbocycles. The highest BCUT2D eigenvalue weighted by molar-refractivity contribution is 5.19. The molecular formula is C10H12O. The lowest BCUT2D eigenvalue weighted by Crippen LogP contribution is -2.29. The first kappa shape index (κ1) is 6.86. The molecule has 0 spiro atoms. The van der Waals surface area contributed by atoms with Crippen molar-refractivity contribution < 1.29 is 4.74 Å². The average Bonchev–Trinajstić information content (AvgIpc) is 2.04. The number of hydrogen-bond donors (Lipinski definition) is 0. The van der Waals surface area contributed by atoms with Crippen molar-refractivity contribution in [3.05, 3.63) is 35.9 Å². The molecule has 1 aliphatic rings. The lowest BCUT2D eigenvalue weighted by molar-refractivity contribution is -0.109. The number of benzene rings is 1. The van der Waals surface area contributed by atoms with E-state index >= 15 is 0 Å². The summed E-state index contributed by atoms with van der Waals surface area (Å²) in [7, 11) is 0. The van der Waals surface area contributed by atoms with E-state index in [0.717, 1.165) is 6.61 Å². The maximum absolute atomic E-state index is 5.43. The van der Waals surface area contributed by atoms with Crippen LogP contribution >= 0.6 is 0 Å². The Hall–Kier alpha value is -0.820. The summed E-state index contributed by atoms with van der Waals surface area (Å²) in [4.78, 5) is 0. The Bertz CT molecular complexity index is 230. The van der Waals surface area contributed by atoms with Crippen LogP contribution in [0.5, 0.6) is 0 Å². The highest BCUT2D eigenvalue weighted by Gasteiger charge is 2.28. The lowest BCUT2D eigenvalue weighted by Gasteiger charge is -2.34. The van der Waals surface area contributed by atoms with Crippen molar-refractivity contribution in [3.8, 4) is 0 Å². The van der Waals surface area contributed by atoms with Crippen LogP contribution in [-0.2, 0) is 4.74 Å². The van der Waals surface area contributed by atoms with Crippen molar-refractivity contribution in [2.75, 3.05) is 6.61 Å². The van der Waals surface area contributed by atoms with Crippen LogP contribution < -0.4 is 0 Å². The molecule has 1 fully saturated rings. The quantitative estimate of drug-likeness (QED) is 0.594. The summed E-state index contributed by atoms with van der Waals surface area (Å²) in [5.74, 6) is 0.692. The number of ether oxygens (including phenoxy) is 1. The van der Waals surface area contributed by atoms with Crippen LogP contribution in [0.15, 0.2) is 30.3 Å². The minimum Gasteiger partial charge on any atom is -0.373 e. The topological polar surface area (TPSA) is 9.23 Å². The largest absolute Gasteiger partial charge is 0.373 e. The van der Waals surface area contributed by atoms with E-state index in [0.29, 0.717) is 12.0 Å². The van der Waals surface area contributed by atoms with E-state index in [1.807, 2.05) is 6.07 Å². The third-order valence-corrected chi connectivity index (χ3v) is 2.18. The Balaban J connectivity index is 2.17. The zero-order valence-electron chi connectivity index (χ0n) is 6.66. The summed E-state index contributed by atoms with van der Waals surface area (Å²) in [5, 5.41) is 0. The maximum atomic E-state index is 5.43. The van der Waals surface area contributed by atoms with Gasteiger partial charge in [0.25, 0.3) is 0 Å². The maximum Gasteiger partial charge on any atom is 0.0872 e. The van der Waals surface area contributed by atoms with Crippen LogP contribution in [-0.4, -0.2) is 6.61 Å². The third kappa shape index (κ3) is 1.16. The zero-order chi connectivity index (χ0) is 7.68. The molecule has 1 heterocycles. The highest BCUT2D eigenvalue weighted by Crippen LogP contribution is 2.34. The number of rotatable bonds is 1. The first-order valence-electron chi connectivity index (χ1n) is 4.04. The average molecular weight is 148 g/mol. The smallest absolute Gasteiger partial charge is 0.0872 e. The van der Waals surface area contributed by atoms with Gasteiger partial charge in [-0.15, -0.1) is 0 Å². The third-order valence-electron chi connectivity index (χ3n) is 2.18. The van der Waals surface area contributed by atoms with E-state index < -0.39 is 0 Å². The minimum absolute atomic E-state index is 0.358. The fourth-order valence-corrected chi connectivity index (χ4v) is 1.45. The van der Waals surface area contributed by atoms with Gasteiger partial charge in [-0.1, -0.05) is 37.3 Å². The second kappa shape index (κ2) is 2.67. The molecule has 1 aliphatic heterocycles. The molecule has 0 radical (unpaired) electrons. The van der Waals surface area contributed by atoms with E-state index in [2.05, 4.69) is 31.2 Å². The van der Waals surface area contributed by atoms with Gasteiger partial charge in [-0.05, 0) is 5.56 Å². The van der Waals surface area contributed by atoms with Crippen LogP contribution in [0.4, 0.5) is 0 Å². The van der Waals surface area contributed by atoms with Crippen molar-refractivity contribution in [3.63, 3.8) is 0 Å². The first-order chi connectivity index (χ1) is 5.38. The van der Waals surface area contributed by atoms with Crippen LogP contribution in [0.25, 0.3) is 0 Å². The van der Waals surface area contributed by atoms with Crippen LogP contribution in [0.1, 0.15) is 18.6 Å². The highest BCUT2D eigenvalue weighted by atomic mass is 16.5. The van der Waals surface area contributed by atoms with Gasteiger partial charge in [0, 0.05) is 5.92 Å². The van der Waals surface area contributed by atoms with E-state index in [1.54, 1.807) is 0 Å². The summed E-state index contributed by atoms with van der Waals surface area (Å²) in [6.45, 7) is 3.14. The van der Waals surface area contributed by atoms with E-state index in [1.165, 1.54) is 5.56 Å². The fourth-order valence-electron chi connectivity index (χ4n) is 1.45. The Labute approximate surface area is 67.0 Å². The van der Waals surface area contributed by atoms with E-state index in [4.69, 9.17) is 4.74 Å². The van der Waals surface area contributed by atoms with Gasteiger partial charge in [0.2, 0.25) is 0 Å². The van der Waals surface area contributed by atoms with Crippen molar-refractivity contribution in [1.29, 1.82) is 0 Å². The van der Waals surface area contributed by atoms with Crippen molar-refractivity contribution >= 4 is 0 Å². The summed E-state index contributed by atoms with van der Waals surface area (Å²) in [5.41, 5.74) is 1.31. The van der Waals surface area contributed by atoms with Crippen molar-refractivity contribution in [1.82, 2.24) is 0 Å². The predicted molar refractivity (Wildman–Crippen MR) is 44.3 cm³/mol. The first-order valence-corrected chi connectivity index (χ1v) is 4.04. The van der Waals surface area contributed by atoms with Crippen molar-refractivity contribution in [2.24, 2.45) is 5.92 Å². The van der Waals surface area contributed by atoms with Crippen molar-refractivity contribution in [2.45, 2.75) is 13.0 Å². The Morgan fingerprint density at radius 3 is 2.45 bits per heavy atom. The molecule has 1 nitrogen and oxygen atoms in total. The van der Waals surface area contributed by atoms with Gasteiger partial charge < -0.3 is 4.74 Å². The van der Waals surface area contributed by atoms with Gasteiger partial charge in [0.05, 0.1) is 12.7 Å². The second-order valence-corrected chi connectivity index (χ2v) is 3.14. The number of hydrogen-bond acceptors (Lipinski definition) is 1. The lowest BCUT2D eigenvalue weighted by atomic mass is 9.93. The molecule has 1 heteroatoms. The summed E-state index contributed by atoms with van der Waals surface area (Å²) in [6, 6.07) is 10.4. The van der Waals surface area contributed by atoms with Gasteiger partial charge >= 0.3 is 0 Å². The molecule has 0 saturated carbocycles. The minimum atomic E-state index is 0.358. The SMILES string of the molecule is CC1COC1c1ccccc1. The Kier molecular flexibility index (Phi) is 1.66. The van der Waals surface area contributed by atoms with Crippen LogP contribution in [0, 0.1) is 5.92 Å². The molecule has 1 saturated heterocycles. The molecule has 1 aromatic rings. The molecule has 11 heavy (non-hydrogen) atoms. The van der Waals surface area contributed by atoms with Crippen LogP contribution in [0.3, 0.4) is 0 Å². The summed E-state index contributed by atoms with van der Waals surface area (Å²) in [6.07, 6.45) is 0.358. The monoisotopic (exact) mass is 148 g/mol. The summed E-state index contributed by atoms with van der Waals surface area (Å²) < 4.78 is 5.43. The Morgan fingerprint density at radius 2 is 2.00 bits per heavy atom. The van der Waals surface area contributed by atoms with Gasteiger partial charge in [0.1, 0.15) is 0 Å². The van der Waals surface area contributed by atoms with Gasteiger partial charge in [0.15, 0.2) is 0 Å². The molecule has 2 atom stereocenters. The predicted octanol–water partition coefficient (Wildman–Crippen LogP) is 2.39. The molecule has 0 bridgehead atoms. The molecule has 0 aromatic heterocycles. The molecule has 2 unspecified atom stereocenters. The van der Waals surface area contributed by atoms with E-state index in [9.17, 15) is 0 Å². The standard InChI is InChI=1S/C10H12O/c1-8-7-11-10(8)9-5-3-2-4-6-9/h2-6,8,10H,7H2,1H3. The van der Waals surface area contributed by atoms with E-state index in [-0.39, 0.29) is 0 Å². The molecule has 0 aliphatic carbocycles. The fraction of sp³-hybridized carbons (Fsp3) is 0.400. The van der Waals surface area contributed by atoms with Gasteiger partial charge in [-0.3, -0.25) is 0 Å². The molecular weight excluding hydrogens is 136 g/mol. The Morgan fingerprint density at radius 1 is 1.27 bits per heavy atom.